The number of sulfonamides is 1. The molecule has 1 aliphatic rings. The van der Waals surface area contributed by atoms with E-state index in [9.17, 15) is 13.2 Å². The molecule has 6 nitrogen and oxygen atoms in total. The summed E-state index contributed by atoms with van der Waals surface area (Å²) in [5.41, 5.74) is 2.79. The highest BCUT2D eigenvalue weighted by Crippen LogP contribution is 2.30. The van der Waals surface area contributed by atoms with Crippen LogP contribution in [0, 0.1) is 13.8 Å². The summed E-state index contributed by atoms with van der Waals surface area (Å²) in [6, 6.07) is 10.1. The summed E-state index contributed by atoms with van der Waals surface area (Å²) >= 11 is 0. The van der Waals surface area contributed by atoms with Gasteiger partial charge in [0.2, 0.25) is 10.0 Å². The molecule has 7 heteroatoms. The van der Waals surface area contributed by atoms with E-state index in [1.165, 1.54) is 23.5 Å². The van der Waals surface area contributed by atoms with Gasteiger partial charge in [0, 0.05) is 18.7 Å². The van der Waals surface area contributed by atoms with Gasteiger partial charge in [0.15, 0.2) is 0 Å². The van der Waals surface area contributed by atoms with Crippen molar-refractivity contribution < 1.29 is 17.9 Å². The number of benzene rings is 2. The average molecular weight is 417 g/mol. The van der Waals surface area contributed by atoms with E-state index in [2.05, 4.69) is 5.32 Å². The molecule has 0 saturated carbocycles. The van der Waals surface area contributed by atoms with Crippen LogP contribution in [0.4, 0.5) is 5.69 Å². The number of hydrogen-bond acceptors (Lipinski definition) is 4. The Morgan fingerprint density at radius 3 is 2.38 bits per heavy atom. The first kappa shape index (κ1) is 21.3. The minimum atomic E-state index is -3.62. The van der Waals surface area contributed by atoms with Gasteiger partial charge in [0.1, 0.15) is 5.75 Å². The van der Waals surface area contributed by atoms with E-state index in [1.54, 1.807) is 12.1 Å². The Balaban J connectivity index is 1.93. The molecule has 0 spiro atoms. The largest absolute Gasteiger partial charge is 0.495 e. The third-order valence-corrected chi connectivity index (χ3v) is 7.37. The SMILES string of the molecule is COc1ccc(S(=O)(=O)N2CCCCCC2)cc1NC(=O)c1cccc(C)c1C. The molecular formula is C22H28N2O4S. The summed E-state index contributed by atoms with van der Waals surface area (Å²) in [4.78, 5) is 13.0. The fraction of sp³-hybridized carbons (Fsp3) is 0.409. The number of ether oxygens (including phenoxy) is 1. The number of aryl methyl sites for hydroxylation is 1. The number of methoxy groups -OCH3 is 1. The van der Waals surface area contributed by atoms with Gasteiger partial charge in [-0.15, -0.1) is 0 Å². The van der Waals surface area contributed by atoms with Gasteiger partial charge in [-0.05, 0) is 62.1 Å². The highest BCUT2D eigenvalue weighted by atomic mass is 32.2. The molecule has 2 aromatic carbocycles. The molecule has 1 saturated heterocycles. The second-order valence-corrected chi connectivity index (χ2v) is 9.32. The summed E-state index contributed by atoms with van der Waals surface area (Å²) in [5.74, 6) is 0.118. The zero-order valence-corrected chi connectivity index (χ0v) is 18.0. The Morgan fingerprint density at radius 2 is 1.72 bits per heavy atom. The van der Waals surface area contributed by atoms with E-state index in [1.807, 2.05) is 26.0 Å². The zero-order valence-electron chi connectivity index (χ0n) is 17.2. The van der Waals surface area contributed by atoms with Gasteiger partial charge in [0.25, 0.3) is 5.91 Å². The number of hydrogen-bond donors (Lipinski definition) is 1. The molecule has 0 unspecified atom stereocenters. The van der Waals surface area contributed by atoms with Crippen molar-refractivity contribution in [1.82, 2.24) is 4.31 Å². The highest BCUT2D eigenvalue weighted by molar-refractivity contribution is 7.89. The molecule has 0 aromatic heterocycles. The maximum Gasteiger partial charge on any atom is 0.256 e. The quantitative estimate of drug-likeness (QED) is 0.795. The number of rotatable bonds is 5. The van der Waals surface area contributed by atoms with Crippen molar-refractivity contribution in [3.05, 3.63) is 53.1 Å². The molecule has 0 bridgehead atoms. The number of anilines is 1. The van der Waals surface area contributed by atoms with Crippen LogP contribution in [0.3, 0.4) is 0 Å². The minimum Gasteiger partial charge on any atom is -0.495 e. The Morgan fingerprint density at radius 1 is 1.03 bits per heavy atom. The predicted molar refractivity (Wildman–Crippen MR) is 114 cm³/mol. The maximum atomic E-state index is 13.1. The lowest BCUT2D eigenvalue weighted by atomic mass is 10.0. The third kappa shape index (κ3) is 4.62. The fourth-order valence-electron chi connectivity index (χ4n) is 3.56. The second kappa shape index (κ2) is 8.97. The van der Waals surface area contributed by atoms with Crippen molar-refractivity contribution in [3.63, 3.8) is 0 Å². The lowest BCUT2D eigenvalue weighted by molar-refractivity contribution is 0.102. The minimum absolute atomic E-state index is 0.163. The average Bonchev–Trinajstić information content (AvgIpc) is 3.00. The van der Waals surface area contributed by atoms with Gasteiger partial charge < -0.3 is 10.1 Å². The van der Waals surface area contributed by atoms with Crippen LogP contribution < -0.4 is 10.1 Å². The van der Waals surface area contributed by atoms with E-state index in [-0.39, 0.29) is 10.8 Å². The van der Waals surface area contributed by atoms with E-state index in [0.717, 1.165) is 36.8 Å². The third-order valence-electron chi connectivity index (χ3n) is 5.47. The molecule has 1 fully saturated rings. The van der Waals surface area contributed by atoms with Crippen LogP contribution in [0.25, 0.3) is 0 Å². The topological polar surface area (TPSA) is 75.7 Å². The van der Waals surface area contributed by atoms with Crippen LogP contribution in [0.2, 0.25) is 0 Å². The van der Waals surface area contributed by atoms with Gasteiger partial charge in [-0.3, -0.25) is 4.79 Å². The Bertz CT molecular complexity index is 994. The molecule has 1 heterocycles. The van der Waals surface area contributed by atoms with Gasteiger partial charge in [-0.2, -0.15) is 4.31 Å². The van der Waals surface area contributed by atoms with Crippen LogP contribution in [-0.2, 0) is 10.0 Å². The number of carbonyl (C=O) groups excluding carboxylic acids is 1. The normalized spacial score (nSPS) is 15.6. The van der Waals surface area contributed by atoms with Crippen molar-refractivity contribution in [2.24, 2.45) is 0 Å². The molecule has 3 rings (SSSR count). The first-order valence-electron chi connectivity index (χ1n) is 9.90. The van der Waals surface area contributed by atoms with E-state index >= 15 is 0 Å². The Hall–Kier alpha value is -2.38. The highest BCUT2D eigenvalue weighted by Gasteiger charge is 2.26. The molecule has 1 aliphatic heterocycles. The smallest absolute Gasteiger partial charge is 0.256 e. The van der Waals surface area contributed by atoms with Crippen LogP contribution in [0.5, 0.6) is 5.75 Å². The van der Waals surface area contributed by atoms with Crippen molar-refractivity contribution in [2.75, 3.05) is 25.5 Å². The van der Waals surface area contributed by atoms with Crippen LogP contribution >= 0.6 is 0 Å². The number of nitrogens with one attached hydrogen (secondary N) is 1. The maximum absolute atomic E-state index is 13.1. The van der Waals surface area contributed by atoms with Gasteiger partial charge in [-0.1, -0.05) is 25.0 Å². The van der Waals surface area contributed by atoms with Crippen LogP contribution in [0.15, 0.2) is 41.3 Å². The fourth-order valence-corrected chi connectivity index (χ4v) is 5.11. The molecule has 0 atom stereocenters. The first-order chi connectivity index (χ1) is 13.8. The summed E-state index contributed by atoms with van der Waals surface area (Å²) in [6.45, 7) is 4.89. The first-order valence-corrected chi connectivity index (χ1v) is 11.3. The number of carbonyl (C=O) groups is 1. The molecule has 1 amide bonds. The van der Waals surface area contributed by atoms with Crippen molar-refractivity contribution in [2.45, 2.75) is 44.4 Å². The van der Waals surface area contributed by atoms with E-state index < -0.39 is 10.0 Å². The van der Waals surface area contributed by atoms with Crippen molar-refractivity contribution in [1.29, 1.82) is 0 Å². The number of amides is 1. The van der Waals surface area contributed by atoms with Gasteiger partial charge in [-0.25, -0.2) is 8.42 Å². The van der Waals surface area contributed by atoms with Crippen molar-refractivity contribution >= 4 is 21.6 Å². The monoisotopic (exact) mass is 416 g/mol. The van der Waals surface area contributed by atoms with E-state index in [4.69, 9.17) is 4.74 Å². The summed E-state index contributed by atoms with van der Waals surface area (Å²) < 4.78 is 33.1. The summed E-state index contributed by atoms with van der Waals surface area (Å²) in [6.07, 6.45) is 3.83. The van der Waals surface area contributed by atoms with Crippen molar-refractivity contribution in [3.8, 4) is 5.75 Å². The summed E-state index contributed by atoms with van der Waals surface area (Å²) in [7, 11) is -2.13. The van der Waals surface area contributed by atoms with Crippen LogP contribution in [0.1, 0.15) is 47.2 Å². The van der Waals surface area contributed by atoms with Crippen LogP contribution in [-0.4, -0.2) is 38.8 Å². The molecule has 2 aromatic rings. The lowest BCUT2D eigenvalue weighted by Gasteiger charge is -2.21. The van der Waals surface area contributed by atoms with E-state index in [0.29, 0.717) is 30.1 Å². The molecular weight excluding hydrogens is 388 g/mol. The predicted octanol–water partition coefficient (Wildman–Crippen LogP) is 4.13. The standard InChI is InChI=1S/C22H28N2O4S/c1-16-9-8-10-19(17(16)2)22(25)23-20-15-18(11-12-21(20)28-3)29(26,27)24-13-6-4-5-7-14-24/h8-12,15H,4-7,13-14H2,1-3H3,(H,23,25). The number of nitrogens with zero attached hydrogens (tertiary/aromatic N) is 1. The molecule has 1 N–H and O–H groups in total. The molecule has 29 heavy (non-hydrogen) atoms. The summed E-state index contributed by atoms with van der Waals surface area (Å²) in [5, 5.41) is 2.83. The Kier molecular flexibility index (Phi) is 6.59. The van der Waals surface area contributed by atoms with Gasteiger partial charge >= 0.3 is 0 Å². The molecule has 156 valence electrons. The lowest BCUT2D eigenvalue weighted by Crippen LogP contribution is -2.32. The molecule has 0 aliphatic carbocycles. The molecule has 0 radical (unpaired) electrons. The van der Waals surface area contributed by atoms with Gasteiger partial charge in [0.05, 0.1) is 17.7 Å². The second-order valence-electron chi connectivity index (χ2n) is 7.38. The Labute approximate surface area is 172 Å². The zero-order chi connectivity index (χ0) is 21.0.